The van der Waals surface area contributed by atoms with Gasteiger partial charge in [0.2, 0.25) is 0 Å². The maximum absolute atomic E-state index is 6.21. The third-order valence-electron chi connectivity index (χ3n) is 2.68. The first-order valence-corrected chi connectivity index (χ1v) is 5.21. The van der Waals surface area contributed by atoms with E-state index in [2.05, 4.69) is 27.7 Å². The predicted octanol–water partition coefficient (Wildman–Crippen LogP) is 4.08. The van der Waals surface area contributed by atoms with Gasteiger partial charge in [0.1, 0.15) is 0 Å². The van der Waals surface area contributed by atoms with Crippen LogP contribution in [0.3, 0.4) is 0 Å². The Morgan fingerprint density at radius 2 is 1.73 bits per heavy atom. The fourth-order valence-corrected chi connectivity index (χ4v) is 1.73. The van der Waals surface area contributed by atoms with Gasteiger partial charge in [0.25, 0.3) is 0 Å². The van der Waals surface area contributed by atoms with Crippen LogP contribution in [0.25, 0.3) is 0 Å². The molecule has 3 unspecified atom stereocenters. The van der Waals surface area contributed by atoms with Crippen LogP contribution in [0.15, 0.2) is 0 Å². The molecule has 0 amide bonds. The molecular weight excluding hydrogens is 156 g/mol. The van der Waals surface area contributed by atoms with E-state index in [-0.39, 0.29) is 0 Å². The molecule has 0 radical (unpaired) electrons. The topological polar surface area (TPSA) is 0 Å². The summed E-state index contributed by atoms with van der Waals surface area (Å²) in [5.41, 5.74) is 0. The number of rotatable bonds is 5. The lowest BCUT2D eigenvalue weighted by Gasteiger charge is -2.22. The molecule has 11 heavy (non-hydrogen) atoms. The molecule has 0 aromatic rings. The summed E-state index contributed by atoms with van der Waals surface area (Å²) in [6.45, 7) is 8.98. The molecule has 0 aromatic heterocycles. The molecule has 0 spiro atoms. The van der Waals surface area contributed by atoms with Gasteiger partial charge in [0, 0.05) is 5.38 Å². The molecule has 0 aliphatic carbocycles. The predicted molar refractivity (Wildman–Crippen MR) is 53.2 cm³/mol. The fraction of sp³-hybridized carbons (Fsp3) is 1.00. The van der Waals surface area contributed by atoms with E-state index in [1.807, 2.05) is 0 Å². The summed E-state index contributed by atoms with van der Waals surface area (Å²) >= 11 is 6.21. The molecule has 0 saturated carbocycles. The van der Waals surface area contributed by atoms with Crippen LogP contribution in [0.4, 0.5) is 0 Å². The van der Waals surface area contributed by atoms with Gasteiger partial charge in [-0.15, -0.1) is 11.6 Å². The second-order valence-corrected chi connectivity index (χ2v) is 4.11. The Morgan fingerprint density at radius 1 is 1.18 bits per heavy atom. The van der Waals surface area contributed by atoms with Gasteiger partial charge in [-0.1, -0.05) is 40.5 Å². The maximum atomic E-state index is 6.21. The van der Waals surface area contributed by atoms with Crippen LogP contribution in [0.1, 0.15) is 47.0 Å². The zero-order valence-corrected chi connectivity index (χ0v) is 8.99. The second-order valence-electron chi connectivity index (χ2n) is 3.55. The van der Waals surface area contributed by atoms with E-state index in [4.69, 9.17) is 11.6 Å². The molecule has 0 aliphatic heterocycles. The molecule has 0 aromatic carbocycles. The van der Waals surface area contributed by atoms with Crippen LogP contribution in [-0.4, -0.2) is 5.38 Å². The normalized spacial score (nSPS) is 19.4. The van der Waals surface area contributed by atoms with Gasteiger partial charge >= 0.3 is 0 Å². The molecule has 0 fully saturated rings. The minimum absolute atomic E-state index is 0.384. The molecule has 0 bridgehead atoms. The summed E-state index contributed by atoms with van der Waals surface area (Å²) in [6, 6.07) is 0. The molecule has 0 heterocycles. The molecule has 3 atom stereocenters. The molecule has 0 N–H and O–H groups in total. The van der Waals surface area contributed by atoms with Gasteiger partial charge in [-0.2, -0.15) is 0 Å². The number of halogens is 1. The highest BCUT2D eigenvalue weighted by Crippen LogP contribution is 2.25. The average Bonchev–Trinajstić information content (AvgIpc) is 2.02. The average molecular weight is 177 g/mol. The van der Waals surface area contributed by atoms with Crippen LogP contribution < -0.4 is 0 Å². The van der Waals surface area contributed by atoms with E-state index in [9.17, 15) is 0 Å². The summed E-state index contributed by atoms with van der Waals surface area (Å²) in [6.07, 6.45) is 3.61. The highest BCUT2D eigenvalue weighted by Gasteiger charge is 2.18. The standard InChI is InChI=1S/C10H21Cl/c1-5-7-10(11)9(4)8(3)6-2/h8-10H,5-7H2,1-4H3. The molecular formula is C10H21Cl. The van der Waals surface area contributed by atoms with Gasteiger partial charge in [-0.3, -0.25) is 0 Å². The Balaban J connectivity index is 3.70. The van der Waals surface area contributed by atoms with Crippen molar-refractivity contribution in [2.75, 3.05) is 0 Å². The molecule has 1 heteroatoms. The lowest BCUT2D eigenvalue weighted by atomic mass is 9.89. The van der Waals surface area contributed by atoms with E-state index in [0.717, 1.165) is 12.3 Å². The van der Waals surface area contributed by atoms with E-state index in [0.29, 0.717) is 11.3 Å². The van der Waals surface area contributed by atoms with Crippen molar-refractivity contribution in [3.8, 4) is 0 Å². The van der Waals surface area contributed by atoms with E-state index < -0.39 is 0 Å². The van der Waals surface area contributed by atoms with Crippen LogP contribution >= 0.6 is 11.6 Å². The fourth-order valence-electron chi connectivity index (χ4n) is 1.27. The van der Waals surface area contributed by atoms with Crippen molar-refractivity contribution in [3.63, 3.8) is 0 Å². The smallest absolute Gasteiger partial charge is 0.0364 e. The molecule has 0 rings (SSSR count). The zero-order chi connectivity index (χ0) is 8.85. The van der Waals surface area contributed by atoms with Crippen molar-refractivity contribution < 1.29 is 0 Å². The monoisotopic (exact) mass is 176 g/mol. The van der Waals surface area contributed by atoms with Crippen LogP contribution in [0.2, 0.25) is 0 Å². The minimum atomic E-state index is 0.384. The Labute approximate surface area is 76.3 Å². The zero-order valence-electron chi connectivity index (χ0n) is 8.23. The summed E-state index contributed by atoms with van der Waals surface area (Å²) in [4.78, 5) is 0. The summed E-state index contributed by atoms with van der Waals surface area (Å²) in [7, 11) is 0. The van der Waals surface area contributed by atoms with Crippen LogP contribution in [0, 0.1) is 11.8 Å². The molecule has 0 aliphatic rings. The first-order chi connectivity index (χ1) is 5.13. The van der Waals surface area contributed by atoms with E-state index >= 15 is 0 Å². The van der Waals surface area contributed by atoms with Crippen molar-refractivity contribution in [1.29, 1.82) is 0 Å². The van der Waals surface area contributed by atoms with Gasteiger partial charge in [0.05, 0.1) is 0 Å². The van der Waals surface area contributed by atoms with E-state index in [1.165, 1.54) is 12.8 Å². The third kappa shape index (κ3) is 4.00. The number of hydrogen-bond acceptors (Lipinski definition) is 0. The van der Waals surface area contributed by atoms with Crippen LogP contribution in [-0.2, 0) is 0 Å². The second kappa shape index (κ2) is 5.88. The van der Waals surface area contributed by atoms with Crippen molar-refractivity contribution in [2.45, 2.75) is 52.3 Å². The largest absolute Gasteiger partial charge is 0.123 e. The summed E-state index contributed by atoms with van der Waals surface area (Å²) in [5.74, 6) is 1.44. The number of alkyl halides is 1. The first kappa shape index (κ1) is 11.3. The van der Waals surface area contributed by atoms with Crippen molar-refractivity contribution >= 4 is 11.6 Å². The van der Waals surface area contributed by atoms with Gasteiger partial charge < -0.3 is 0 Å². The molecule has 68 valence electrons. The summed E-state index contributed by atoms with van der Waals surface area (Å²) < 4.78 is 0. The maximum Gasteiger partial charge on any atom is 0.0364 e. The Kier molecular flexibility index (Phi) is 6.03. The highest BCUT2D eigenvalue weighted by molar-refractivity contribution is 6.20. The first-order valence-electron chi connectivity index (χ1n) is 4.77. The van der Waals surface area contributed by atoms with Crippen molar-refractivity contribution in [2.24, 2.45) is 11.8 Å². The van der Waals surface area contributed by atoms with Crippen LogP contribution in [0.5, 0.6) is 0 Å². The third-order valence-corrected chi connectivity index (χ3v) is 3.29. The SMILES string of the molecule is CCCC(Cl)C(C)C(C)CC. The Bertz CT molecular complexity index is 90.9. The Morgan fingerprint density at radius 3 is 2.09 bits per heavy atom. The lowest BCUT2D eigenvalue weighted by molar-refractivity contribution is 0.352. The number of hydrogen-bond donors (Lipinski definition) is 0. The van der Waals surface area contributed by atoms with Crippen molar-refractivity contribution in [3.05, 3.63) is 0 Å². The van der Waals surface area contributed by atoms with E-state index in [1.54, 1.807) is 0 Å². The lowest BCUT2D eigenvalue weighted by Crippen LogP contribution is -2.18. The Hall–Kier alpha value is 0.290. The molecule has 0 saturated heterocycles. The van der Waals surface area contributed by atoms with Crippen molar-refractivity contribution in [1.82, 2.24) is 0 Å². The molecule has 0 nitrogen and oxygen atoms in total. The quantitative estimate of drug-likeness (QED) is 0.554. The summed E-state index contributed by atoms with van der Waals surface area (Å²) in [5, 5.41) is 0.384. The van der Waals surface area contributed by atoms with Gasteiger partial charge in [-0.05, 0) is 18.3 Å². The minimum Gasteiger partial charge on any atom is -0.123 e. The van der Waals surface area contributed by atoms with Gasteiger partial charge in [0.15, 0.2) is 0 Å². The van der Waals surface area contributed by atoms with Gasteiger partial charge in [-0.25, -0.2) is 0 Å². The highest BCUT2D eigenvalue weighted by atomic mass is 35.5.